The summed E-state index contributed by atoms with van der Waals surface area (Å²) in [4.78, 5) is 11.3. The van der Waals surface area contributed by atoms with E-state index >= 15 is 0 Å². The summed E-state index contributed by atoms with van der Waals surface area (Å²) >= 11 is 0. The fourth-order valence-corrected chi connectivity index (χ4v) is 1.22. The molecule has 0 radical (unpaired) electrons. The average molecular weight is 242 g/mol. The molecule has 0 aliphatic carbocycles. The molecule has 1 aromatic carbocycles. The van der Waals surface area contributed by atoms with Crippen molar-refractivity contribution < 1.29 is 13.6 Å². The third-order valence-corrected chi connectivity index (χ3v) is 2.16. The van der Waals surface area contributed by atoms with E-state index in [1.807, 2.05) is 13.8 Å². The van der Waals surface area contributed by atoms with Crippen LogP contribution >= 0.6 is 0 Å². The predicted octanol–water partition coefficient (Wildman–Crippen LogP) is 1.58. The van der Waals surface area contributed by atoms with Crippen molar-refractivity contribution in [1.29, 1.82) is 0 Å². The van der Waals surface area contributed by atoms with E-state index in [1.165, 1.54) is 6.07 Å². The van der Waals surface area contributed by atoms with Gasteiger partial charge in [0.25, 0.3) is 0 Å². The summed E-state index contributed by atoms with van der Waals surface area (Å²) < 4.78 is 25.8. The first kappa shape index (κ1) is 13.6. The van der Waals surface area contributed by atoms with Crippen molar-refractivity contribution in [2.75, 3.05) is 6.54 Å². The zero-order chi connectivity index (χ0) is 12.8. The van der Waals surface area contributed by atoms with Gasteiger partial charge in [-0.25, -0.2) is 8.78 Å². The van der Waals surface area contributed by atoms with Crippen LogP contribution in [0.4, 0.5) is 8.78 Å². The molecule has 2 N–H and O–H groups in total. The second kappa shape index (κ2) is 6.30. The molecule has 0 aromatic heterocycles. The number of hydrogen-bond acceptors (Lipinski definition) is 2. The molecule has 17 heavy (non-hydrogen) atoms. The molecule has 3 nitrogen and oxygen atoms in total. The third-order valence-electron chi connectivity index (χ3n) is 2.16. The van der Waals surface area contributed by atoms with Crippen LogP contribution in [0.1, 0.15) is 19.4 Å². The molecule has 0 unspecified atom stereocenters. The standard InChI is InChI=1S/C12H16F2N2O/c1-8(2)15-7-12(17)16-6-9-3-4-10(13)5-11(9)14/h3-5,8,15H,6-7H2,1-2H3,(H,16,17). The monoisotopic (exact) mass is 242 g/mol. The van der Waals surface area contributed by atoms with Gasteiger partial charge in [-0.05, 0) is 6.07 Å². The molecule has 5 heteroatoms. The maximum Gasteiger partial charge on any atom is 0.234 e. The number of carbonyl (C=O) groups is 1. The summed E-state index contributed by atoms with van der Waals surface area (Å²) in [5, 5.41) is 5.49. The fourth-order valence-electron chi connectivity index (χ4n) is 1.22. The van der Waals surface area contributed by atoms with Crippen molar-refractivity contribution in [3.8, 4) is 0 Å². The molecule has 94 valence electrons. The minimum Gasteiger partial charge on any atom is -0.351 e. The van der Waals surface area contributed by atoms with Crippen LogP contribution in [0.2, 0.25) is 0 Å². The number of rotatable bonds is 5. The van der Waals surface area contributed by atoms with Crippen LogP contribution in [0.3, 0.4) is 0 Å². The zero-order valence-corrected chi connectivity index (χ0v) is 9.89. The average Bonchev–Trinajstić information content (AvgIpc) is 2.25. The van der Waals surface area contributed by atoms with E-state index in [0.717, 1.165) is 12.1 Å². The van der Waals surface area contributed by atoms with E-state index in [1.54, 1.807) is 0 Å². The van der Waals surface area contributed by atoms with Crippen LogP contribution in [-0.4, -0.2) is 18.5 Å². The Bertz CT molecular complexity index is 394. The Morgan fingerprint density at radius 1 is 1.35 bits per heavy atom. The van der Waals surface area contributed by atoms with Gasteiger partial charge in [-0.3, -0.25) is 4.79 Å². The number of amides is 1. The maximum atomic E-state index is 13.2. The van der Waals surface area contributed by atoms with Gasteiger partial charge in [-0.1, -0.05) is 19.9 Å². The first-order chi connectivity index (χ1) is 7.99. The maximum absolute atomic E-state index is 13.2. The molecule has 0 saturated heterocycles. The second-order valence-corrected chi connectivity index (χ2v) is 4.05. The molecule has 0 fully saturated rings. The Hall–Kier alpha value is -1.49. The van der Waals surface area contributed by atoms with Gasteiger partial charge in [0.05, 0.1) is 6.54 Å². The van der Waals surface area contributed by atoms with Crippen LogP contribution in [0.25, 0.3) is 0 Å². The summed E-state index contributed by atoms with van der Waals surface area (Å²) in [5.74, 6) is -1.50. The molecule has 0 heterocycles. The molecule has 0 aliphatic heterocycles. The predicted molar refractivity (Wildman–Crippen MR) is 61.3 cm³/mol. The molecule has 0 saturated carbocycles. The number of nitrogens with one attached hydrogen (secondary N) is 2. The van der Waals surface area contributed by atoms with Gasteiger partial charge >= 0.3 is 0 Å². The van der Waals surface area contributed by atoms with E-state index in [-0.39, 0.29) is 30.6 Å². The summed E-state index contributed by atoms with van der Waals surface area (Å²) in [6.45, 7) is 4.09. The van der Waals surface area contributed by atoms with Gasteiger partial charge in [-0.15, -0.1) is 0 Å². The molecular weight excluding hydrogens is 226 g/mol. The zero-order valence-electron chi connectivity index (χ0n) is 9.89. The van der Waals surface area contributed by atoms with E-state index in [4.69, 9.17) is 0 Å². The molecule has 1 amide bonds. The minimum atomic E-state index is -0.651. The minimum absolute atomic E-state index is 0.0602. The smallest absolute Gasteiger partial charge is 0.234 e. The lowest BCUT2D eigenvalue weighted by molar-refractivity contribution is -0.120. The highest BCUT2D eigenvalue weighted by Gasteiger charge is 2.06. The van der Waals surface area contributed by atoms with E-state index in [0.29, 0.717) is 0 Å². The van der Waals surface area contributed by atoms with Crippen LogP contribution in [0.5, 0.6) is 0 Å². The van der Waals surface area contributed by atoms with Gasteiger partial charge in [0, 0.05) is 24.2 Å². The molecular formula is C12H16F2N2O. The Balaban J connectivity index is 2.42. The highest BCUT2D eigenvalue weighted by atomic mass is 19.1. The highest BCUT2D eigenvalue weighted by Crippen LogP contribution is 2.08. The Labute approximate surface area is 99.2 Å². The van der Waals surface area contributed by atoms with Crippen LogP contribution in [-0.2, 0) is 11.3 Å². The summed E-state index contributed by atoms with van der Waals surface area (Å²) in [5.41, 5.74) is 0.268. The molecule has 0 atom stereocenters. The van der Waals surface area contributed by atoms with Crippen molar-refractivity contribution in [3.63, 3.8) is 0 Å². The molecule has 0 aliphatic rings. The summed E-state index contributed by atoms with van der Waals surface area (Å²) in [6.07, 6.45) is 0. The van der Waals surface area contributed by atoms with E-state index in [2.05, 4.69) is 10.6 Å². The first-order valence-corrected chi connectivity index (χ1v) is 5.43. The summed E-state index contributed by atoms with van der Waals surface area (Å²) in [7, 11) is 0. The number of hydrogen-bond donors (Lipinski definition) is 2. The highest BCUT2D eigenvalue weighted by molar-refractivity contribution is 5.77. The van der Waals surface area contributed by atoms with Crippen LogP contribution in [0.15, 0.2) is 18.2 Å². The lowest BCUT2D eigenvalue weighted by Crippen LogP contribution is -2.36. The van der Waals surface area contributed by atoms with Gasteiger partial charge in [0.1, 0.15) is 11.6 Å². The summed E-state index contributed by atoms with van der Waals surface area (Å²) in [6, 6.07) is 3.49. The van der Waals surface area contributed by atoms with Crippen LogP contribution < -0.4 is 10.6 Å². The van der Waals surface area contributed by atoms with Crippen molar-refractivity contribution >= 4 is 5.91 Å². The van der Waals surface area contributed by atoms with Crippen molar-refractivity contribution in [2.24, 2.45) is 0 Å². The molecule has 0 spiro atoms. The second-order valence-electron chi connectivity index (χ2n) is 4.05. The van der Waals surface area contributed by atoms with Gasteiger partial charge < -0.3 is 10.6 Å². The van der Waals surface area contributed by atoms with Crippen LogP contribution in [0, 0.1) is 11.6 Å². The quantitative estimate of drug-likeness (QED) is 0.823. The van der Waals surface area contributed by atoms with Crippen molar-refractivity contribution in [2.45, 2.75) is 26.4 Å². The van der Waals surface area contributed by atoms with Gasteiger partial charge in [-0.2, -0.15) is 0 Å². The Morgan fingerprint density at radius 3 is 2.65 bits per heavy atom. The lowest BCUT2D eigenvalue weighted by atomic mass is 10.2. The van der Waals surface area contributed by atoms with Gasteiger partial charge in [0.15, 0.2) is 0 Å². The van der Waals surface area contributed by atoms with Crippen molar-refractivity contribution in [1.82, 2.24) is 10.6 Å². The first-order valence-electron chi connectivity index (χ1n) is 5.43. The number of carbonyl (C=O) groups excluding carboxylic acids is 1. The number of benzene rings is 1. The third kappa shape index (κ3) is 4.91. The van der Waals surface area contributed by atoms with E-state index < -0.39 is 11.6 Å². The Morgan fingerprint density at radius 2 is 2.06 bits per heavy atom. The van der Waals surface area contributed by atoms with E-state index in [9.17, 15) is 13.6 Å². The lowest BCUT2D eigenvalue weighted by Gasteiger charge is -2.09. The topological polar surface area (TPSA) is 41.1 Å². The normalized spacial score (nSPS) is 10.6. The molecule has 1 rings (SSSR count). The SMILES string of the molecule is CC(C)NCC(=O)NCc1ccc(F)cc1F. The van der Waals surface area contributed by atoms with Crippen molar-refractivity contribution in [3.05, 3.63) is 35.4 Å². The molecule has 1 aromatic rings. The molecule has 0 bridgehead atoms. The fraction of sp³-hybridized carbons (Fsp3) is 0.417. The van der Waals surface area contributed by atoms with Gasteiger partial charge in [0.2, 0.25) is 5.91 Å². The number of halogens is 2. The Kier molecular flexibility index (Phi) is 5.03. The largest absolute Gasteiger partial charge is 0.351 e.